The third-order valence-corrected chi connectivity index (χ3v) is 4.21. The van der Waals surface area contributed by atoms with Gasteiger partial charge < -0.3 is 80.1 Å². The van der Waals surface area contributed by atoms with E-state index in [1.807, 2.05) is 83.1 Å². The molecule has 0 N–H and O–H groups in total. The molecule has 1 unspecified atom stereocenters. The van der Waals surface area contributed by atoms with E-state index in [1.165, 1.54) is 7.17 Å². The van der Waals surface area contributed by atoms with Crippen molar-refractivity contribution in [2.24, 2.45) is 0 Å². The molecule has 49 heavy (non-hydrogen) atoms. The SMILES string of the molecule is C.C.C.C.C.CC.CC.CC.CC.CC.[B][B]C([B])([CH2-])B(B([B])[B])[C@H](C)[C@H]([CH2-])N(C[CH2-])[C@@H](C)[CH-]C.[CH2-]C[CH2-].[CH2-]C[CH2-].[CH3-].[V+2].[Y+3].[Y].[Y].[Y].[Y].[Y]. The third kappa shape index (κ3) is 96.9. The second-order valence-corrected chi connectivity index (χ2v) is 6.33. The summed E-state index contributed by atoms with van der Waals surface area (Å²) in [4.78, 5) is 2.17. The van der Waals surface area contributed by atoms with Crippen molar-refractivity contribution >= 4 is 51.2 Å². The molecule has 15 radical (unpaired) electrons. The van der Waals surface area contributed by atoms with E-state index in [0.29, 0.717) is 6.54 Å². The van der Waals surface area contributed by atoms with Crippen LogP contribution in [0.2, 0.25) is 10.9 Å². The second-order valence-electron chi connectivity index (χ2n) is 6.33. The van der Waals surface area contributed by atoms with Gasteiger partial charge in [-0.25, -0.2) is 0 Å². The molecule has 0 bridgehead atoms. The van der Waals surface area contributed by atoms with E-state index in [2.05, 4.69) is 66.7 Å². The molecule has 0 aromatic rings. The molecule has 4 atom stereocenters. The fourth-order valence-corrected chi connectivity index (χ4v) is 2.71. The Labute approximate surface area is 493 Å². The first-order valence-electron chi connectivity index (χ1n) is 14.0. The standard InChI is InChI=1S/C12H21B7N.2C3H6.5C2H6.5CH4.CH3.V.6Y/c1-7-9(3)20(8-2)11(5)10(4)18(19(15)16)12(6,13)17-14;2*1-3-2;5*1-2;;;;;;;;;;;;;/h7,9-11H,2,5-6,8H2,1,3-4H3;2*1-3H2;5*1-2H3;5*1H4;1H3;;;;;;;/q-4;2*-2;;;;;;;;;;;-1;+2;;;;;;+3/t9-,10+,11-,12?;;;;;;;;;;;;;;;;;;;;/m0..................../s1. The monoisotopic (exact) mass is 1170 g/mol. The van der Waals surface area contributed by atoms with Gasteiger partial charge in [-0.2, -0.15) is 6.92 Å². The number of nitrogens with zero attached hydrogens (tertiary/aromatic N) is 1. The summed E-state index contributed by atoms with van der Waals surface area (Å²) in [5.74, 6) is 0.0152. The first-order valence-corrected chi connectivity index (χ1v) is 14.0. The number of hydrogen-bond donors (Lipinski definition) is 0. The largest absolute Gasteiger partial charge is 3.00 e. The maximum absolute atomic E-state index is 6.13. The Morgan fingerprint density at radius 2 is 0.918 bits per heavy atom. The average Bonchev–Trinajstić information content (AvgIpc) is 2.90. The van der Waals surface area contributed by atoms with Crippen molar-refractivity contribution in [3.63, 3.8) is 0 Å². The van der Waals surface area contributed by atoms with Gasteiger partial charge in [-0.05, 0) is 0 Å². The summed E-state index contributed by atoms with van der Waals surface area (Å²) >= 11 is 0. The van der Waals surface area contributed by atoms with E-state index in [4.69, 9.17) is 31.1 Å². The van der Waals surface area contributed by atoms with Gasteiger partial charge in [-0.3, -0.25) is 5.11 Å². The Bertz CT molecular complexity index is 341. The minimum absolute atomic E-state index is 0. The van der Waals surface area contributed by atoms with Crippen LogP contribution in [0.3, 0.4) is 0 Å². The molecule has 0 aromatic heterocycles. The minimum Gasteiger partial charge on any atom is -0.387 e. The van der Waals surface area contributed by atoms with Crippen LogP contribution in [0.25, 0.3) is 0 Å². The first kappa shape index (κ1) is 138. The predicted molar refractivity (Wildman–Crippen MR) is 226 cm³/mol. The smallest absolute Gasteiger partial charge is 0.387 e. The molecule has 0 aliphatic rings. The fraction of sp³-hybridized carbons (Fsp3) is 0.735. The van der Waals surface area contributed by atoms with Crippen LogP contribution in [0.15, 0.2) is 0 Å². The molecule has 15 heteroatoms. The zero-order chi connectivity index (χ0) is 31.5. The van der Waals surface area contributed by atoms with Crippen molar-refractivity contribution < 1.29 is 215 Å². The van der Waals surface area contributed by atoms with Crippen molar-refractivity contribution in [2.45, 2.75) is 163 Å². The molecule has 275 valence electrons. The van der Waals surface area contributed by atoms with Gasteiger partial charge in [0.2, 0.25) is 0 Å². The van der Waals surface area contributed by atoms with E-state index in [9.17, 15) is 0 Å². The molecule has 0 saturated carbocycles. The van der Waals surface area contributed by atoms with Crippen LogP contribution in [0.5, 0.6) is 0 Å². The number of hydrogen-bond acceptors (Lipinski definition) is 1. The molecule has 1 nitrogen and oxygen atoms in total. The van der Waals surface area contributed by atoms with Crippen molar-refractivity contribution in [3.05, 3.63) is 62.3 Å². The quantitative estimate of drug-likeness (QED) is 0.164. The average molecular weight is 1170 g/mol. The molecule has 0 saturated heterocycles. The van der Waals surface area contributed by atoms with Crippen LogP contribution in [-0.2, 0) is 215 Å². The maximum Gasteiger partial charge on any atom is 3.00 e. The van der Waals surface area contributed by atoms with Crippen molar-refractivity contribution in [1.82, 2.24) is 4.90 Å². The molecule has 0 spiro atoms. The van der Waals surface area contributed by atoms with Gasteiger partial charge in [0.1, 0.15) is 0 Å². The van der Waals surface area contributed by atoms with Gasteiger partial charge in [0, 0.05) is 208 Å². The molecule has 0 fully saturated rings. The van der Waals surface area contributed by atoms with Crippen molar-refractivity contribution in [1.29, 1.82) is 0 Å². The zero-order valence-corrected chi connectivity index (χ0v) is 50.7. The van der Waals surface area contributed by atoms with E-state index >= 15 is 0 Å². The van der Waals surface area contributed by atoms with Gasteiger partial charge in [0.25, 0.3) is 0 Å². The molecule has 0 rings (SSSR count). The molecular formula is C34H86B7NVY6-4. The summed E-state index contributed by atoms with van der Waals surface area (Å²) in [5, 5.41) is -0.991. The van der Waals surface area contributed by atoms with E-state index in [1.54, 1.807) is 0 Å². The van der Waals surface area contributed by atoms with Crippen LogP contribution in [0.4, 0.5) is 0 Å². The Balaban J connectivity index is -0.0000000125. The van der Waals surface area contributed by atoms with E-state index in [0.717, 1.165) is 12.8 Å². The number of rotatable bonds is 9. The summed E-state index contributed by atoms with van der Waals surface area (Å²) in [6.45, 7) is 52.1. The molecule has 0 aromatic carbocycles. The topological polar surface area (TPSA) is 3.24 Å². The van der Waals surface area contributed by atoms with Gasteiger partial charge in [0.05, 0.1) is 6.60 Å². The van der Waals surface area contributed by atoms with Gasteiger partial charge >= 0.3 is 51.3 Å². The fourth-order valence-electron chi connectivity index (χ4n) is 2.71. The Morgan fingerprint density at radius 1 is 0.714 bits per heavy atom. The Morgan fingerprint density at radius 3 is 1.04 bits per heavy atom. The summed E-state index contributed by atoms with van der Waals surface area (Å²) in [5.41, 5.74) is 0. The summed E-state index contributed by atoms with van der Waals surface area (Å²) < 4.78 is 0. The Kier molecular flexibility index (Phi) is 349. The Hall–Kier alpha value is 7.62. The molecule has 0 heterocycles. The predicted octanol–water partition coefficient (Wildman–Crippen LogP) is 11.0. The van der Waals surface area contributed by atoms with E-state index in [-0.39, 0.29) is 284 Å². The molecule has 0 amide bonds. The minimum atomic E-state index is -0.991. The zero-order valence-electron chi connectivity index (χ0n) is 32.3. The summed E-state index contributed by atoms with van der Waals surface area (Å²) in [7, 11) is 24.9. The first-order chi connectivity index (χ1) is 17.0. The van der Waals surface area contributed by atoms with Crippen LogP contribution < -0.4 is 0 Å². The maximum atomic E-state index is 6.13. The summed E-state index contributed by atoms with van der Waals surface area (Å²) in [6.07, 6.45) is 2.98. The van der Waals surface area contributed by atoms with Crippen molar-refractivity contribution in [3.8, 4) is 0 Å². The summed E-state index contributed by atoms with van der Waals surface area (Å²) in [6, 6.07) is 0.217. The molecule has 0 aliphatic carbocycles. The van der Waals surface area contributed by atoms with Gasteiger partial charge in [-0.1, -0.05) is 126 Å². The van der Waals surface area contributed by atoms with Crippen LogP contribution in [0, 0.1) is 62.3 Å². The third-order valence-electron chi connectivity index (χ3n) is 4.21. The van der Waals surface area contributed by atoms with Crippen LogP contribution >= 0.6 is 0 Å². The molecule has 0 aliphatic heterocycles. The normalized spacial score (nSPS) is 9.08. The van der Waals surface area contributed by atoms with Gasteiger partial charge in [0.15, 0.2) is 0 Å². The molecular weight excluding hydrogens is 1080 g/mol. The van der Waals surface area contributed by atoms with Crippen molar-refractivity contribution in [2.75, 3.05) is 6.54 Å². The second kappa shape index (κ2) is 124. The van der Waals surface area contributed by atoms with Gasteiger partial charge in [-0.15, -0.1) is 18.6 Å². The van der Waals surface area contributed by atoms with Crippen LogP contribution in [-0.4, -0.2) is 74.7 Å². The van der Waals surface area contributed by atoms with E-state index < -0.39 is 11.5 Å². The van der Waals surface area contributed by atoms with Crippen LogP contribution in [0.1, 0.15) is 140 Å².